The summed E-state index contributed by atoms with van der Waals surface area (Å²) in [6.07, 6.45) is -0.146. The van der Waals surface area contributed by atoms with E-state index >= 15 is 0 Å². The molecular weight excluding hydrogens is 296 g/mol. The second-order valence-corrected chi connectivity index (χ2v) is 5.05. The van der Waals surface area contributed by atoms with Crippen molar-refractivity contribution in [1.82, 2.24) is 5.32 Å². The van der Waals surface area contributed by atoms with Crippen LogP contribution in [-0.4, -0.2) is 37.8 Å². The predicted octanol–water partition coefficient (Wildman–Crippen LogP) is 2.20. The topological polar surface area (TPSA) is 67.9 Å². The number of urea groups is 1. The Kier molecular flexibility index (Phi) is 4.90. The van der Waals surface area contributed by atoms with Gasteiger partial charge in [-0.05, 0) is 32.0 Å². The Morgan fingerprint density at radius 2 is 2.29 bits per heavy atom. The third-order valence-electron chi connectivity index (χ3n) is 2.91. The maximum Gasteiger partial charge on any atom is 0.325 e. The fourth-order valence-electron chi connectivity index (χ4n) is 2.06. The second-order valence-electron chi connectivity index (χ2n) is 4.61. The van der Waals surface area contributed by atoms with E-state index in [0.29, 0.717) is 23.0 Å². The van der Waals surface area contributed by atoms with Gasteiger partial charge in [0.15, 0.2) is 0 Å². The average Bonchev–Trinajstić information content (AvgIpc) is 2.44. The number of carbonyl (C=O) groups excluding carboxylic acids is 2. The third-order valence-corrected chi connectivity index (χ3v) is 3.15. The molecule has 0 saturated carbocycles. The van der Waals surface area contributed by atoms with Crippen molar-refractivity contribution in [3.05, 3.63) is 23.2 Å². The zero-order valence-electron chi connectivity index (χ0n) is 11.9. The molecule has 0 bridgehead atoms. The largest absolute Gasteiger partial charge is 0.487 e. The molecule has 0 spiro atoms. The van der Waals surface area contributed by atoms with Crippen LogP contribution in [0.3, 0.4) is 0 Å². The molecule has 0 unspecified atom stereocenters. The van der Waals surface area contributed by atoms with Crippen LogP contribution in [0.15, 0.2) is 18.2 Å². The van der Waals surface area contributed by atoms with Gasteiger partial charge in [-0.25, -0.2) is 4.79 Å². The van der Waals surface area contributed by atoms with Gasteiger partial charge >= 0.3 is 12.0 Å². The van der Waals surface area contributed by atoms with Crippen molar-refractivity contribution < 1.29 is 19.1 Å². The zero-order chi connectivity index (χ0) is 15.4. The van der Waals surface area contributed by atoms with Gasteiger partial charge in [0.2, 0.25) is 0 Å². The SMILES string of the molecule is CCOC(=O)CNC(=O)N1C[C@@H](C)Oc2ccc(Cl)cc21. The van der Waals surface area contributed by atoms with Crippen LogP contribution < -0.4 is 15.0 Å². The Hall–Kier alpha value is -1.95. The number of halogens is 1. The first-order valence-electron chi connectivity index (χ1n) is 6.68. The van der Waals surface area contributed by atoms with Crippen molar-refractivity contribution in [1.29, 1.82) is 0 Å². The van der Waals surface area contributed by atoms with Gasteiger partial charge in [0.05, 0.1) is 18.8 Å². The molecule has 1 heterocycles. The first kappa shape index (κ1) is 15.4. The minimum Gasteiger partial charge on any atom is -0.487 e. The van der Waals surface area contributed by atoms with E-state index in [-0.39, 0.29) is 25.3 Å². The van der Waals surface area contributed by atoms with E-state index in [9.17, 15) is 9.59 Å². The Morgan fingerprint density at radius 1 is 1.52 bits per heavy atom. The lowest BCUT2D eigenvalue weighted by atomic mass is 10.2. The number of fused-ring (bicyclic) bond motifs is 1. The summed E-state index contributed by atoms with van der Waals surface area (Å²) in [7, 11) is 0. The van der Waals surface area contributed by atoms with Crippen molar-refractivity contribution in [2.75, 3.05) is 24.6 Å². The van der Waals surface area contributed by atoms with E-state index in [2.05, 4.69) is 5.32 Å². The summed E-state index contributed by atoms with van der Waals surface area (Å²) in [6.45, 7) is 4.06. The Balaban J connectivity index is 2.11. The number of hydrogen-bond donors (Lipinski definition) is 1. The number of benzene rings is 1. The number of anilines is 1. The fourth-order valence-corrected chi connectivity index (χ4v) is 2.22. The van der Waals surface area contributed by atoms with Crippen LogP contribution in [0.2, 0.25) is 5.02 Å². The standard InChI is InChI=1S/C14H17ClN2O4/c1-3-20-13(18)7-16-14(19)17-8-9(2)21-12-5-4-10(15)6-11(12)17/h4-6,9H,3,7-8H2,1-2H3,(H,16,19)/t9-/m1/s1. The first-order valence-corrected chi connectivity index (χ1v) is 7.06. The van der Waals surface area contributed by atoms with Crippen molar-refractivity contribution in [2.24, 2.45) is 0 Å². The van der Waals surface area contributed by atoms with Crippen molar-refractivity contribution in [3.63, 3.8) is 0 Å². The highest BCUT2D eigenvalue weighted by Gasteiger charge is 2.28. The van der Waals surface area contributed by atoms with Crippen LogP contribution in [0.4, 0.5) is 10.5 Å². The molecule has 0 saturated heterocycles. The molecule has 0 radical (unpaired) electrons. The smallest absolute Gasteiger partial charge is 0.325 e. The van der Waals surface area contributed by atoms with Gasteiger partial charge in [0.25, 0.3) is 0 Å². The van der Waals surface area contributed by atoms with Gasteiger partial charge in [-0.2, -0.15) is 0 Å². The molecule has 1 aromatic rings. The molecule has 0 aromatic heterocycles. The fraction of sp³-hybridized carbons (Fsp3) is 0.429. The summed E-state index contributed by atoms with van der Waals surface area (Å²) in [4.78, 5) is 25.0. The van der Waals surface area contributed by atoms with Gasteiger partial charge < -0.3 is 14.8 Å². The lowest BCUT2D eigenvalue weighted by Crippen LogP contribution is -2.48. The molecule has 2 rings (SSSR count). The number of esters is 1. The Labute approximate surface area is 128 Å². The second kappa shape index (κ2) is 6.67. The number of rotatable bonds is 3. The molecule has 6 nitrogen and oxygen atoms in total. The van der Waals surface area contributed by atoms with Gasteiger partial charge in [-0.1, -0.05) is 11.6 Å². The van der Waals surface area contributed by atoms with Gasteiger partial charge in [-0.15, -0.1) is 0 Å². The quantitative estimate of drug-likeness (QED) is 0.869. The number of carbonyl (C=O) groups is 2. The predicted molar refractivity (Wildman–Crippen MR) is 78.9 cm³/mol. The number of nitrogens with one attached hydrogen (secondary N) is 1. The molecule has 1 N–H and O–H groups in total. The monoisotopic (exact) mass is 312 g/mol. The van der Waals surface area contributed by atoms with E-state index in [1.54, 1.807) is 25.1 Å². The van der Waals surface area contributed by atoms with Crippen molar-refractivity contribution >= 4 is 29.3 Å². The molecule has 1 aliphatic rings. The minimum absolute atomic E-state index is 0.146. The molecule has 7 heteroatoms. The van der Waals surface area contributed by atoms with Gasteiger partial charge in [0.1, 0.15) is 18.4 Å². The lowest BCUT2D eigenvalue weighted by molar-refractivity contribution is -0.141. The summed E-state index contributed by atoms with van der Waals surface area (Å²) in [5.74, 6) is 0.114. The highest BCUT2D eigenvalue weighted by atomic mass is 35.5. The average molecular weight is 313 g/mol. The number of ether oxygens (including phenoxy) is 2. The van der Waals surface area contributed by atoms with E-state index in [1.807, 2.05) is 6.92 Å². The molecule has 1 aliphatic heterocycles. The maximum atomic E-state index is 12.2. The van der Waals surface area contributed by atoms with Gasteiger partial charge in [-0.3, -0.25) is 9.69 Å². The highest BCUT2D eigenvalue weighted by molar-refractivity contribution is 6.31. The first-order chi connectivity index (χ1) is 10.0. The number of nitrogens with zero attached hydrogens (tertiary/aromatic N) is 1. The summed E-state index contributed by atoms with van der Waals surface area (Å²) in [5.41, 5.74) is 0.585. The molecule has 2 amide bonds. The summed E-state index contributed by atoms with van der Waals surface area (Å²) in [5, 5.41) is 3.04. The highest BCUT2D eigenvalue weighted by Crippen LogP contribution is 2.35. The van der Waals surface area contributed by atoms with Crippen LogP contribution >= 0.6 is 11.6 Å². The third kappa shape index (κ3) is 3.78. The summed E-state index contributed by atoms with van der Waals surface area (Å²) in [6, 6.07) is 4.69. The zero-order valence-corrected chi connectivity index (χ0v) is 12.6. The molecule has 21 heavy (non-hydrogen) atoms. The van der Waals surface area contributed by atoms with E-state index in [0.717, 1.165) is 0 Å². The number of hydrogen-bond acceptors (Lipinski definition) is 4. The molecule has 1 aromatic carbocycles. The Morgan fingerprint density at radius 3 is 3.00 bits per heavy atom. The molecule has 0 fully saturated rings. The van der Waals surface area contributed by atoms with E-state index in [1.165, 1.54) is 4.90 Å². The molecule has 1 atom stereocenters. The van der Waals surface area contributed by atoms with E-state index < -0.39 is 5.97 Å². The van der Waals surface area contributed by atoms with Crippen LogP contribution in [0.5, 0.6) is 5.75 Å². The summed E-state index contributed by atoms with van der Waals surface area (Å²) >= 11 is 5.96. The summed E-state index contributed by atoms with van der Waals surface area (Å²) < 4.78 is 10.4. The van der Waals surface area contributed by atoms with Crippen molar-refractivity contribution in [2.45, 2.75) is 20.0 Å². The van der Waals surface area contributed by atoms with Crippen molar-refractivity contribution in [3.8, 4) is 5.75 Å². The minimum atomic E-state index is -0.474. The van der Waals surface area contributed by atoms with Crippen LogP contribution in [-0.2, 0) is 9.53 Å². The van der Waals surface area contributed by atoms with E-state index in [4.69, 9.17) is 21.1 Å². The Bertz CT molecular complexity index is 550. The molecular formula is C14H17ClN2O4. The maximum absolute atomic E-state index is 12.2. The molecule has 114 valence electrons. The van der Waals surface area contributed by atoms with Gasteiger partial charge in [0, 0.05) is 5.02 Å². The van der Waals surface area contributed by atoms with Crippen LogP contribution in [0.25, 0.3) is 0 Å². The molecule has 0 aliphatic carbocycles. The lowest BCUT2D eigenvalue weighted by Gasteiger charge is -2.33. The number of amides is 2. The van der Waals surface area contributed by atoms with Crippen LogP contribution in [0, 0.1) is 0 Å². The normalized spacial score (nSPS) is 16.7. The van der Waals surface area contributed by atoms with Crippen LogP contribution in [0.1, 0.15) is 13.8 Å².